The summed E-state index contributed by atoms with van der Waals surface area (Å²) in [6.45, 7) is 13.1. The van der Waals surface area contributed by atoms with Crippen LogP contribution in [0, 0.1) is 5.92 Å². The summed E-state index contributed by atoms with van der Waals surface area (Å²) in [5.74, 6) is 0.889. The van der Waals surface area contributed by atoms with Crippen molar-refractivity contribution in [3.8, 4) is 0 Å². The van der Waals surface area contributed by atoms with Crippen molar-refractivity contribution in [2.45, 2.75) is 71.9 Å². The Morgan fingerprint density at radius 3 is 2.59 bits per heavy atom. The molecule has 0 amide bonds. The molecule has 1 aliphatic heterocycles. The number of hydrogen-bond donors (Lipinski definition) is 1. The average molecular weight is 240 g/mol. The maximum absolute atomic E-state index is 3.71. The fraction of sp³-hybridized carbons (Fsp3) is 1.00. The van der Waals surface area contributed by atoms with Gasteiger partial charge in [0.15, 0.2) is 0 Å². The molecule has 0 spiro atoms. The Morgan fingerprint density at radius 1 is 1.18 bits per heavy atom. The van der Waals surface area contributed by atoms with Crippen molar-refractivity contribution < 1.29 is 0 Å². The zero-order valence-electron chi connectivity index (χ0n) is 12.3. The summed E-state index contributed by atoms with van der Waals surface area (Å²) in [6.07, 6.45) is 6.65. The summed E-state index contributed by atoms with van der Waals surface area (Å²) in [5, 5.41) is 3.71. The summed E-state index contributed by atoms with van der Waals surface area (Å²) in [5.41, 5.74) is 0. The number of piperidine rings is 1. The normalized spacial score (nSPS) is 28.2. The maximum atomic E-state index is 3.71. The topological polar surface area (TPSA) is 15.3 Å². The SMILES string of the molecule is CCCNC(CCC)CN1CC(C)CCC1C. The smallest absolute Gasteiger partial charge is 0.0195 e. The van der Waals surface area contributed by atoms with E-state index < -0.39 is 0 Å². The minimum absolute atomic E-state index is 0.702. The van der Waals surface area contributed by atoms with Gasteiger partial charge in [0.25, 0.3) is 0 Å². The standard InChI is InChI=1S/C15H32N2/c1-5-7-15(16-10-6-2)12-17-11-13(3)8-9-14(17)4/h13-16H,5-12H2,1-4H3. The third kappa shape index (κ3) is 5.39. The van der Waals surface area contributed by atoms with Crippen molar-refractivity contribution in [1.82, 2.24) is 10.2 Å². The van der Waals surface area contributed by atoms with E-state index in [-0.39, 0.29) is 0 Å². The van der Waals surface area contributed by atoms with Gasteiger partial charge in [-0.2, -0.15) is 0 Å². The second-order valence-corrected chi connectivity index (χ2v) is 5.93. The van der Waals surface area contributed by atoms with E-state index in [1.54, 1.807) is 0 Å². The fourth-order valence-electron chi connectivity index (χ4n) is 2.87. The van der Waals surface area contributed by atoms with Gasteiger partial charge in [0.05, 0.1) is 0 Å². The molecule has 0 aromatic rings. The molecule has 1 fully saturated rings. The van der Waals surface area contributed by atoms with Crippen LogP contribution in [0.5, 0.6) is 0 Å². The Bertz CT molecular complexity index is 193. The van der Waals surface area contributed by atoms with Crippen molar-refractivity contribution in [2.24, 2.45) is 5.92 Å². The van der Waals surface area contributed by atoms with E-state index in [0.717, 1.165) is 12.0 Å². The quantitative estimate of drug-likeness (QED) is 0.735. The first-order valence-electron chi connectivity index (χ1n) is 7.64. The Labute approximate surface area is 108 Å². The molecule has 0 radical (unpaired) electrons. The summed E-state index contributed by atoms with van der Waals surface area (Å²) >= 11 is 0. The highest BCUT2D eigenvalue weighted by Crippen LogP contribution is 2.21. The van der Waals surface area contributed by atoms with Crippen molar-refractivity contribution in [3.05, 3.63) is 0 Å². The maximum Gasteiger partial charge on any atom is 0.0195 e. The number of likely N-dealkylation sites (tertiary alicyclic amines) is 1. The zero-order chi connectivity index (χ0) is 12.7. The highest BCUT2D eigenvalue weighted by molar-refractivity contribution is 4.81. The van der Waals surface area contributed by atoms with Crippen LogP contribution in [0.4, 0.5) is 0 Å². The first-order chi connectivity index (χ1) is 8.17. The molecular weight excluding hydrogens is 208 g/mol. The molecule has 2 heteroatoms. The number of hydrogen-bond acceptors (Lipinski definition) is 2. The van der Waals surface area contributed by atoms with Gasteiger partial charge < -0.3 is 5.32 Å². The molecule has 2 nitrogen and oxygen atoms in total. The van der Waals surface area contributed by atoms with E-state index in [1.807, 2.05) is 0 Å². The first-order valence-corrected chi connectivity index (χ1v) is 7.64. The Balaban J connectivity index is 2.40. The number of nitrogens with zero attached hydrogens (tertiary/aromatic N) is 1. The second kappa shape index (κ2) is 8.10. The van der Waals surface area contributed by atoms with E-state index in [2.05, 4.69) is 37.9 Å². The van der Waals surface area contributed by atoms with Gasteiger partial charge in [0.1, 0.15) is 0 Å². The van der Waals surface area contributed by atoms with E-state index >= 15 is 0 Å². The van der Waals surface area contributed by atoms with Crippen LogP contribution in [0.3, 0.4) is 0 Å². The molecule has 0 aliphatic carbocycles. The molecule has 1 aliphatic rings. The van der Waals surface area contributed by atoms with Crippen molar-refractivity contribution in [2.75, 3.05) is 19.6 Å². The van der Waals surface area contributed by atoms with E-state index in [4.69, 9.17) is 0 Å². The van der Waals surface area contributed by atoms with Crippen LogP contribution in [-0.4, -0.2) is 36.6 Å². The van der Waals surface area contributed by atoms with Crippen molar-refractivity contribution >= 4 is 0 Å². The Hall–Kier alpha value is -0.0800. The monoisotopic (exact) mass is 240 g/mol. The first kappa shape index (κ1) is 15.0. The second-order valence-electron chi connectivity index (χ2n) is 5.93. The highest BCUT2D eigenvalue weighted by atomic mass is 15.2. The fourth-order valence-corrected chi connectivity index (χ4v) is 2.87. The molecule has 0 aromatic heterocycles. The molecule has 0 saturated carbocycles. The van der Waals surface area contributed by atoms with E-state index in [9.17, 15) is 0 Å². The van der Waals surface area contributed by atoms with Gasteiger partial charge >= 0.3 is 0 Å². The number of nitrogens with one attached hydrogen (secondary N) is 1. The van der Waals surface area contributed by atoms with Crippen LogP contribution < -0.4 is 5.32 Å². The van der Waals surface area contributed by atoms with Crippen LogP contribution in [0.25, 0.3) is 0 Å². The molecule has 102 valence electrons. The predicted molar refractivity (Wildman–Crippen MR) is 76.4 cm³/mol. The average Bonchev–Trinajstić information content (AvgIpc) is 2.31. The van der Waals surface area contributed by atoms with Gasteiger partial charge in [-0.05, 0) is 45.1 Å². The molecule has 1 saturated heterocycles. The van der Waals surface area contributed by atoms with Crippen molar-refractivity contribution in [1.29, 1.82) is 0 Å². The van der Waals surface area contributed by atoms with Crippen LogP contribution >= 0.6 is 0 Å². The van der Waals surface area contributed by atoms with Crippen LogP contribution in [0.1, 0.15) is 59.8 Å². The Kier molecular flexibility index (Phi) is 7.14. The molecule has 1 rings (SSSR count). The van der Waals surface area contributed by atoms with Crippen molar-refractivity contribution in [3.63, 3.8) is 0 Å². The van der Waals surface area contributed by atoms with Crippen LogP contribution in [0.15, 0.2) is 0 Å². The predicted octanol–water partition coefficient (Wildman–Crippen LogP) is 3.28. The summed E-state index contributed by atoms with van der Waals surface area (Å²) in [4.78, 5) is 2.71. The minimum atomic E-state index is 0.702. The third-order valence-electron chi connectivity index (χ3n) is 4.02. The Morgan fingerprint density at radius 2 is 1.94 bits per heavy atom. The third-order valence-corrected chi connectivity index (χ3v) is 4.02. The molecule has 0 bridgehead atoms. The molecule has 17 heavy (non-hydrogen) atoms. The van der Waals surface area contributed by atoms with Gasteiger partial charge in [-0.25, -0.2) is 0 Å². The van der Waals surface area contributed by atoms with Gasteiger partial charge in [0, 0.05) is 25.2 Å². The molecule has 3 unspecified atom stereocenters. The van der Waals surface area contributed by atoms with Gasteiger partial charge in [0.2, 0.25) is 0 Å². The lowest BCUT2D eigenvalue weighted by atomic mass is 9.94. The zero-order valence-corrected chi connectivity index (χ0v) is 12.3. The molecule has 3 atom stereocenters. The lowest BCUT2D eigenvalue weighted by molar-refractivity contribution is 0.110. The van der Waals surface area contributed by atoms with E-state index in [1.165, 1.54) is 51.7 Å². The van der Waals surface area contributed by atoms with Gasteiger partial charge in [-0.15, -0.1) is 0 Å². The highest BCUT2D eigenvalue weighted by Gasteiger charge is 2.24. The molecule has 1 heterocycles. The summed E-state index contributed by atoms with van der Waals surface area (Å²) in [6, 6.07) is 1.49. The number of rotatable bonds is 7. The van der Waals surface area contributed by atoms with Gasteiger partial charge in [-0.3, -0.25) is 4.90 Å². The largest absolute Gasteiger partial charge is 0.313 e. The lowest BCUT2D eigenvalue weighted by Crippen LogP contribution is -2.48. The molecular formula is C15H32N2. The van der Waals surface area contributed by atoms with Crippen LogP contribution in [0.2, 0.25) is 0 Å². The van der Waals surface area contributed by atoms with Crippen LogP contribution in [-0.2, 0) is 0 Å². The summed E-state index contributed by atoms with van der Waals surface area (Å²) in [7, 11) is 0. The lowest BCUT2D eigenvalue weighted by Gasteiger charge is -2.39. The summed E-state index contributed by atoms with van der Waals surface area (Å²) < 4.78 is 0. The molecule has 1 N–H and O–H groups in total. The minimum Gasteiger partial charge on any atom is -0.313 e. The van der Waals surface area contributed by atoms with E-state index in [0.29, 0.717) is 6.04 Å². The van der Waals surface area contributed by atoms with Gasteiger partial charge in [-0.1, -0.05) is 27.2 Å². The molecule has 0 aromatic carbocycles.